The Bertz CT molecular complexity index is 787. The third kappa shape index (κ3) is 2.93. The van der Waals surface area contributed by atoms with E-state index in [1.54, 1.807) is 6.07 Å². The second-order valence-corrected chi connectivity index (χ2v) is 11.3. The summed E-state index contributed by atoms with van der Waals surface area (Å²) < 4.78 is 0. The zero-order valence-corrected chi connectivity index (χ0v) is 18.3. The summed E-state index contributed by atoms with van der Waals surface area (Å²) in [6, 6.07) is 9.39. The lowest BCUT2D eigenvalue weighted by atomic mass is 9.51. The van der Waals surface area contributed by atoms with Gasteiger partial charge in [-0.05, 0) is 94.1 Å². The number of rotatable bonds is 4. The summed E-state index contributed by atoms with van der Waals surface area (Å²) in [6.45, 7) is 0. The van der Waals surface area contributed by atoms with Crippen molar-refractivity contribution < 1.29 is 9.90 Å². The zero-order chi connectivity index (χ0) is 20.5. The van der Waals surface area contributed by atoms with E-state index in [9.17, 15) is 9.90 Å². The average Bonchev–Trinajstić information content (AvgIpc) is 2.71. The van der Waals surface area contributed by atoms with Gasteiger partial charge in [-0.15, -0.1) is 0 Å². The molecule has 6 fully saturated rings. The summed E-state index contributed by atoms with van der Waals surface area (Å²) in [5.41, 5.74) is 1.83. The second-order valence-electron chi connectivity index (χ2n) is 11.3. The standard InChI is InChI=1S/C26H36N2O2/c1-27(24-8-3-2-7-23(24)25(29)30)22-12-20-5-4-6-21(13-22)28(20)26-14-17-9-18(15-26)11-19(10-17)16-26/h2-3,7-8,17-22H,4-6,9-16H2,1H3,(H,29,30). The topological polar surface area (TPSA) is 43.8 Å². The van der Waals surface area contributed by atoms with Gasteiger partial charge < -0.3 is 10.0 Å². The van der Waals surface area contributed by atoms with Gasteiger partial charge in [0, 0.05) is 30.7 Å². The van der Waals surface area contributed by atoms with Crippen molar-refractivity contribution >= 4 is 11.7 Å². The number of hydrogen-bond acceptors (Lipinski definition) is 3. The van der Waals surface area contributed by atoms with Crippen LogP contribution in [0.5, 0.6) is 0 Å². The van der Waals surface area contributed by atoms with E-state index < -0.39 is 5.97 Å². The Morgan fingerprint density at radius 3 is 2.10 bits per heavy atom. The van der Waals surface area contributed by atoms with Crippen LogP contribution in [0.3, 0.4) is 0 Å². The SMILES string of the molecule is CN(c1ccccc1C(=O)O)C1CC2CCCC(C1)N2C12CC3CC(CC(C3)C1)C2. The second kappa shape index (κ2) is 6.98. The molecular weight excluding hydrogens is 372 g/mol. The lowest BCUT2D eigenvalue weighted by molar-refractivity contribution is -0.147. The van der Waals surface area contributed by atoms with E-state index in [1.165, 1.54) is 70.6 Å². The van der Waals surface area contributed by atoms with Crippen LogP contribution < -0.4 is 4.90 Å². The molecule has 1 aromatic carbocycles. The first kappa shape index (κ1) is 19.2. The van der Waals surface area contributed by atoms with Crippen LogP contribution in [0.2, 0.25) is 0 Å². The van der Waals surface area contributed by atoms with Crippen molar-refractivity contribution in [3.63, 3.8) is 0 Å². The molecule has 6 aliphatic rings. The predicted molar refractivity (Wildman–Crippen MR) is 119 cm³/mol. The van der Waals surface area contributed by atoms with Gasteiger partial charge in [0.05, 0.1) is 11.3 Å². The Kier molecular flexibility index (Phi) is 4.46. The molecule has 162 valence electrons. The molecule has 7 rings (SSSR count). The monoisotopic (exact) mass is 408 g/mol. The van der Waals surface area contributed by atoms with Crippen molar-refractivity contribution in [2.24, 2.45) is 17.8 Å². The fourth-order valence-electron chi connectivity index (χ4n) is 8.98. The van der Waals surface area contributed by atoms with Crippen LogP contribution in [0.15, 0.2) is 24.3 Å². The van der Waals surface area contributed by atoms with Gasteiger partial charge in [0.1, 0.15) is 0 Å². The number of piperidine rings is 2. The molecule has 0 radical (unpaired) electrons. The highest BCUT2D eigenvalue weighted by Crippen LogP contribution is 2.60. The van der Waals surface area contributed by atoms with Crippen molar-refractivity contribution in [3.05, 3.63) is 29.8 Å². The number of carboxylic acids is 1. The minimum Gasteiger partial charge on any atom is -0.478 e. The smallest absolute Gasteiger partial charge is 0.337 e. The Balaban J connectivity index is 1.27. The van der Waals surface area contributed by atoms with Gasteiger partial charge >= 0.3 is 5.97 Å². The Hall–Kier alpha value is -1.55. The molecular formula is C26H36N2O2. The fourth-order valence-corrected chi connectivity index (χ4v) is 8.98. The minimum atomic E-state index is -0.816. The van der Waals surface area contributed by atoms with E-state index >= 15 is 0 Å². The van der Waals surface area contributed by atoms with Crippen molar-refractivity contribution in [3.8, 4) is 0 Å². The molecule has 0 amide bonds. The number of fused-ring (bicyclic) bond motifs is 2. The minimum absolute atomic E-state index is 0.439. The summed E-state index contributed by atoms with van der Waals surface area (Å²) in [5, 5.41) is 9.68. The van der Waals surface area contributed by atoms with Gasteiger partial charge in [0.25, 0.3) is 0 Å². The molecule has 2 atom stereocenters. The molecule has 4 aliphatic carbocycles. The molecule has 30 heavy (non-hydrogen) atoms. The Morgan fingerprint density at radius 2 is 1.53 bits per heavy atom. The molecule has 1 N–H and O–H groups in total. The van der Waals surface area contributed by atoms with Gasteiger partial charge in [-0.1, -0.05) is 18.6 Å². The highest BCUT2D eigenvalue weighted by molar-refractivity contribution is 5.94. The number of aromatic carboxylic acids is 1. The van der Waals surface area contributed by atoms with Crippen molar-refractivity contribution in [2.75, 3.05) is 11.9 Å². The lowest BCUT2D eigenvalue weighted by Crippen LogP contribution is -2.69. The molecule has 0 aromatic heterocycles. The van der Waals surface area contributed by atoms with E-state index in [-0.39, 0.29) is 0 Å². The molecule has 2 saturated heterocycles. The third-order valence-corrected chi connectivity index (χ3v) is 9.57. The summed E-state index contributed by atoms with van der Waals surface area (Å²) in [7, 11) is 2.13. The van der Waals surface area contributed by atoms with Crippen LogP contribution in [-0.4, -0.2) is 46.7 Å². The van der Waals surface area contributed by atoms with Crippen LogP contribution in [-0.2, 0) is 0 Å². The van der Waals surface area contributed by atoms with E-state index in [0.29, 0.717) is 29.2 Å². The average molecular weight is 409 g/mol. The van der Waals surface area contributed by atoms with Crippen LogP contribution in [0, 0.1) is 17.8 Å². The zero-order valence-electron chi connectivity index (χ0n) is 18.3. The fraction of sp³-hybridized carbons (Fsp3) is 0.731. The summed E-state index contributed by atoms with van der Waals surface area (Å²) in [5.74, 6) is 2.18. The molecule has 4 saturated carbocycles. The predicted octanol–water partition coefficient (Wildman–Crippen LogP) is 5.18. The van der Waals surface area contributed by atoms with Crippen LogP contribution >= 0.6 is 0 Å². The number of nitrogens with zero attached hydrogens (tertiary/aromatic N) is 2. The molecule has 4 heteroatoms. The quantitative estimate of drug-likeness (QED) is 0.746. The molecule has 6 bridgehead atoms. The normalized spacial score (nSPS) is 42.3. The maximum absolute atomic E-state index is 11.8. The summed E-state index contributed by atoms with van der Waals surface area (Å²) in [4.78, 5) is 17.2. The summed E-state index contributed by atoms with van der Waals surface area (Å²) >= 11 is 0. The molecule has 2 aliphatic heterocycles. The van der Waals surface area contributed by atoms with Crippen molar-refractivity contribution in [2.45, 2.75) is 94.3 Å². The number of para-hydroxylation sites is 1. The maximum Gasteiger partial charge on any atom is 0.337 e. The first-order valence-corrected chi connectivity index (χ1v) is 12.4. The largest absolute Gasteiger partial charge is 0.478 e. The van der Waals surface area contributed by atoms with Gasteiger partial charge in [0.15, 0.2) is 0 Å². The molecule has 2 heterocycles. The van der Waals surface area contributed by atoms with Gasteiger partial charge in [0.2, 0.25) is 0 Å². The van der Waals surface area contributed by atoms with Gasteiger partial charge in [-0.25, -0.2) is 4.79 Å². The van der Waals surface area contributed by atoms with Crippen LogP contribution in [0.25, 0.3) is 0 Å². The maximum atomic E-state index is 11.8. The molecule has 4 nitrogen and oxygen atoms in total. The molecule has 1 aromatic rings. The van der Waals surface area contributed by atoms with Crippen LogP contribution in [0.1, 0.15) is 81.0 Å². The number of anilines is 1. The first-order chi connectivity index (χ1) is 14.5. The molecule has 0 spiro atoms. The number of hydrogen-bond donors (Lipinski definition) is 1. The highest BCUT2D eigenvalue weighted by Gasteiger charge is 2.57. The first-order valence-electron chi connectivity index (χ1n) is 12.4. The van der Waals surface area contributed by atoms with Gasteiger partial charge in [-0.3, -0.25) is 4.90 Å². The van der Waals surface area contributed by atoms with Crippen LogP contribution in [0.4, 0.5) is 5.69 Å². The number of carbonyl (C=O) groups is 1. The Morgan fingerprint density at radius 1 is 0.967 bits per heavy atom. The van der Waals surface area contributed by atoms with Gasteiger partial charge in [-0.2, -0.15) is 0 Å². The highest BCUT2D eigenvalue weighted by atomic mass is 16.4. The number of carboxylic acid groups (broad SMARTS) is 1. The van der Waals surface area contributed by atoms with Crippen molar-refractivity contribution in [1.29, 1.82) is 0 Å². The van der Waals surface area contributed by atoms with E-state index in [4.69, 9.17) is 0 Å². The van der Waals surface area contributed by atoms with E-state index in [0.717, 1.165) is 23.4 Å². The Labute approximate surface area is 180 Å². The molecule has 2 unspecified atom stereocenters. The van der Waals surface area contributed by atoms with E-state index in [2.05, 4.69) is 16.8 Å². The van der Waals surface area contributed by atoms with E-state index in [1.807, 2.05) is 18.2 Å². The third-order valence-electron chi connectivity index (χ3n) is 9.57. The number of benzene rings is 1. The lowest BCUT2D eigenvalue weighted by Gasteiger charge is -2.66. The summed E-state index contributed by atoms with van der Waals surface area (Å²) in [6.07, 6.45) is 15.4. The van der Waals surface area contributed by atoms with Crippen molar-refractivity contribution in [1.82, 2.24) is 4.90 Å².